The quantitative estimate of drug-likeness (QED) is 0.522. The predicted molar refractivity (Wildman–Crippen MR) is 101 cm³/mol. The van der Waals surface area contributed by atoms with Crippen LogP contribution in [-0.2, 0) is 0 Å². The Morgan fingerprint density at radius 3 is 2.39 bits per heavy atom. The van der Waals surface area contributed by atoms with Gasteiger partial charge < -0.3 is 10.2 Å². The summed E-state index contributed by atoms with van der Waals surface area (Å²) in [5.41, 5.74) is -1.12. The zero-order chi connectivity index (χ0) is 17.7. The molecule has 2 saturated carbocycles. The van der Waals surface area contributed by atoms with Gasteiger partial charge in [-0.3, -0.25) is 0 Å². The van der Waals surface area contributed by atoms with Crippen molar-refractivity contribution in [1.29, 1.82) is 0 Å². The molecule has 2 aliphatic carbocycles. The van der Waals surface area contributed by atoms with E-state index >= 15 is 0 Å². The van der Waals surface area contributed by atoms with Gasteiger partial charge in [-0.1, -0.05) is 42.8 Å². The van der Waals surface area contributed by atoms with Crippen molar-refractivity contribution in [3.8, 4) is 0 Å². The number of aliphatic hydroxyl groups is 2. The van der Waals surface area contributed by atoms with Crippen LogP contribution in [0.5, 0.6) is 0 Å². The molecule has 2 N–H and O–H groups in total. The largest absolute Gasteiger partial charge is 0.390 e. The molecular weight excluding hydrogens is 352 g/mol. The molecule has 0 radical (unpaired) electrons. The van der Waals surface area contributed by atoms with E-state index in [4.69, 9.17) is 0 Å². The van der Waals surface area contributed by atoms with Crippen LogP contribution in [0.2, 0.25) is 0 Å². The summed E-state index contributed by atoms with van der Waals surface area (Å²) in [6, 6.07) is 0. The second-order valence-corrected chi connectivity index (χ2v) is 10.5. The van der Waals surface area contributed by atoms with Crippen molar-refractivity contribution >= 4 is 15.9 Å². The first-order valence-corrected chi connectivity index (χ1v) is 10.0. The van der Waals surface area contributed by atoms with Gasteiger partial charge in [0.25, 0.3) is 0 Å². The van der Waals surface area contributed by atoms with Gasteiger partial charge in [-0.05, 0) is 75.0 Å². The fourth-order valence-electron chi connectivity index (χ4n) is 5.67. The average molecular weight is 387 g/mol. The van der Waals surface area contributed by atoms with Crippen molar-refractivity contribution < 1.29 is 10.2 Å². The van der Waals surface area contributed by atoms with Crippen LogP contribution in [-0.4, -0.2) is 26.2 Å². The second kappa shape index (κ2) is 6.14. The predicted octanol–water partition coefficient (Wildman–Crippen LogP) is 5.07. The van der Waals surface area contributed by atoms with Crippen molar-refractivity contribution in [2.45, 2.75) is 89.2 Å². The monoisotopic (exact) mass is 386 g/mol. The van der Waals surface area contributed by atoms with Gasteiger partial charge in [-0.25, -0.2) is 0 Å². The number of hydrogen-bond acceptors (Lipinski definition) is 2. The van der Waals surface area contributed by atoms with Gasteiger partial charge in [0.05, 0.1) is 11.2 Å². The maximum Gasteiger partial charge on any atom is 0.0797 e. The van der Waals surface area contributed by atoms with E-state index in [0.717, 1.165) is 32.1 Å². The number of halogens is 1. The highest BCUT2D eigenvalue weighted by Crippen LogP contribution is 2.64. The van der Waals surface area contributed by atoms with Gasteiger partial charge >= 0.3 is 0 Å². The summed E-state index contributed by atoms with van der Waals surface area (Å²) in [6.07, 6.45) is 7.40. The minimum Gasteiger partial charge on any atom is -0.390 e. The Bertz CT molecular complexity index is 455. The molecule has 0 aliphatic heterocycles. The van der Waals surface area contributed by atoms with E-state index in [9.17, 15) is 10.2 Å². The Morgan fingerprint density at radius 1 is 1.22 bits per heavy atom. The van der Waals surface area contributed by atoms with Crippen LogP contribution >= 0.6 is 15.9 Å². The molecule has 2 rings (SSSR count). The van der Waals surface area contributed by atoms with Gasteiger partial charge in [0, 0.05) is 4.83 Å². The third-order valence-corrected chi connectivity index (χ3v) is 8.94. The van der Waals surface area contributed by atoms with Crippen molar-refractivity contribution in [3.63, 3.8) is 0 Å². The lowest BCUT2D eigenvalue weighted by atomic mass is 9.45. The molecule has 3 heteroatoms. The summed E-state index contributed by atoms with van der Waals surface area (Å²) >= 11 is 3.91. The van der Waals surface area contributed by atoms with E-state index in [0.29, 0.717) is 17.2 Å². The third-order valence-electron chi connectivity index (χ3n) is 7.30. The Hall–Kier alpha value is 0.140. The Labute approximate surface area is 150 Å². The van der Waals surface area contributed by atoms with Crippen molar-refractivity contribution in [2.24, 2.45) is 22.7 Å². The maximum atomic E-state index is 11.1. The Kier molecular flexibility index (Phi) is 5.20. The molecule has 2 aliphatic rings. The normalized spacial score (nSPS) is 45.8. The molecule has 6 atom stereocenters. The van der Waals surface area contributed by atoms with Crippen LogP contribution in [0.15, 0.2) is 12.7 Å². The van der Waals surface area contributed by atoms with Gasteiger partial charge in [-0.2, -0.15) is 0 Å². The first-order chi connectivity index (χ1) is 10.4. The van der Waals surface area contributed by atoms with Gasteiger partial charge in [0.1, 0.15) is 0 Å². The van der Waals surface area contributed by atoms with E-state index < -0.39 is 11.2 Å². The van der Waals surface area contributed by atoms with Crippen molar-refractivity contribution in [1.82, 2.24) is 0 Å². The zero-order valence-electron chi connectivity index (χ0n) is 15.5. The second-order valence-electron chi connectivity index (χ2n) is 9.43. The van der Waals surface area contributed by atoms with E-state index in [2.05, 4.69) is 43.3 Å². The number of rotatable bonds is 4. The Balaban J connectivity index is 2.31. The molecule has 134 valence electrons. The lowest BCUT2D eigenvalue weighted by Crippen LogP contribution is -2.59. The molecule has 0 bridgehead atoms. The molecule has 0 aromatic rings. The molecule has 0 aromatic carbocycles. The number of fused-ring (bicyclic) bond motifs is 1. The zero-order valence-corrected chi connectivity index (χ0v) is 17.1. The lowest BCUT2D eigenvalue weighted by Gasteiger charge is -2.62. The highest BCUT2D eigenvalue weighted by Gasteiger charge is 2.59. The van der Waals surface area contributed by atoms with E-state index in [1.54, 1.807) is 6.08 Å². The summed E-state index contributed by atoms with van der Waals surface area (Å²) in [5, 5.41) is 21.5. The van der Waals surface area contributed by atoms with Crippen LogP contribution in [0.3, 0.4) is 0 Å². The Morgan fingerprint density at radius 2 is 1.83 bits per heavy atom. The van der Waals surface area contributed by atoms with E-state index in [1.807, 2.05) is 13.8 Å². The molecule has 23 heavy (non-hydrogen) atoms. The van der Waals surface area contributed by atoms with E-state index in [1.165, 1.54) is 0 Å². The molecule has 0 saturated heterocycles. The van der Waals surface area contributed by atoms with Crippen molar-refractivity contribution in [3.05, 3.63) is 12.7 Å². The highest BCUT2D eigenvalue weighted by atomic mass is 79.9. The fourth-order valence-corrected chi connectivity index (χ4v) is 6.22. The fraction of sp³-hybridized carbons (Fsp3) is 0.900. The lowest BCUT2D eigenvalue weighted by molar-refractivity contribution is -0.169. The van der Waals surface area contributed by atoms with Gasteiger partial charge in [-0.15, -0.1) is 6.58 Å². The molecule has 1 unspecified atom stereocenters. The third kappa shape index (κ3) is 3.43. The molecule has 2 fully saturated rings. The average Bonchev–Trinajstić information content (AvgIpc) is 2.42. The van der Waals surface area contributed by atoms with Gasteiger partial charge in [0.2, 0.25) is 0 Å². The van der Waals surface area contributed by atoms with Crippen LogP contribution in [0, 0.1) is 22.7 Å². The number of alkyl halides is 1. The smallest absolute Gasteiger partial charge is 0.0797 e. The summed E-state index contributed by atoms with van der Waals surface area (Å²) in [6.45, 7) is 14.7. The first-order valence-electron chi connectivity index (χ1n) is 9.09. The SMILES string of the molecule is C=C[C@@](C)(O)CCC1[C@](C)(O)CC[C@H]2C(C)(C)[C@@H](Br)CC[C@]12C. The van der Waals surface area contributed by atoms with Crippen LogP contribution in [0.25, 0.3) is 0 Å². The molecule has 0 amide bonds. The minimum absolute atomic E-state index is 0.132. The summed E-state index contributed by atoms with van der Waals surface area (Å²) in [5.74, 6) is 0.825. The number of hydrogen-bond donors (Lipinski definition) is 2. The molecule has 0 spiro atoms. The topological polar surface area (TPSA) is 40.5 Å². The summed E-state index contributed by atoms with van der Waals surface area (Å²) in [7, 11) is 0. The summed E-state index contributed by atoms with van der Waals surface area (Å²) < 4.78 is 0. The highest BCUT2D eigenvalue weighted by molar-refractivity contribution is 9.09. The molecule has 2 nitrogen and oxygen atoms in total. The van der Waals surface area contributed by atoms with Crippen LogP contribution < -0.4 is 0 Å². The standard InChI is InChI=1S/C20H35BrO2/c1-7-18(4,22)11-8-15-19(5)12-10-16(21)17(2,3)14(19)9-13-20(15,6)23/h7,14-16,22-23H,1,8-13H2,2-6H3/t14-,15?,16-,18+,19-,20+/m0/s1. The maximum absolute atomic E-state index is 11.1. The van der Waals surface area contributed by atoms with Crippen molar-refractivity contribution in [2.75, 3.05) is 0 Å². The molecular formula is C20H35BrO2. The van der Waals surface area contributed by atoms with Crippen LogP contribution in [0.1, 0.15) is 73.1 Å². The van der Waals surface area contributed by atoms with Gasteiger partial charge in [0.15, 0.2) is 0 Å². The first kappa shape index (κ1) is 19.5. The molecule has 0 heterocycles. The summed E-state index contributed by atoms with van der Waals surface area (Å²) in [4.78, 5) is 0.549. The molecule has 0 aromatic heterocycles. The van der Waals surface area contributed by atoms with E-state index in [-0.39, 0.29) is 16.7 Å². The minimum atomic E-state index is -0.846. The van der Waals surface area contributed by atoms with Crippen LogP contribution in [0.4, 0.5) is 0 Å².